The molecule has 0 aliphatic carbocycles. The number of hydrogen-bond donors (Lipinski definition) is 0. The summed E-state index contributed by atoms with van der Waals surface area (Å²) in [7, 11) is 0. The van der Waals surface area contributed by atoms with E-state index in [2.05, 4.69) is 16.1 Å². The molecule has 0 N–H and O–H groups in total. The van der Waals surface area contributed by atoms with Crippen LogP contribution in [-0.2, 0) is 9.47 Å². The van der Waals surface area contributed by atoms with Gasteiger partial charge in [-0.15, -0.1) is 0 Å². The second-order valence-corrected chi connectivity index (χ2v) is 1.56. The van der Waals surface area contributed by atoms with Crippen LogP contribution in [0.25, 0.3) is 0 Å². The van der Waals surface area contributed by atoms with E-state index in [1.807, 2.05) is 0 Å². The Hall–Kier alpha value is -0.700. The molecule has 0 aromatic heterocycles. The van der Waals surface area contributed by atoms with Gasteiger partial charge in [-0.05, 0) is 25.1 Å². The first kappa shape index (κ1) is 8.30. The van der Waals surface area contributed by atoms with Crippen molar-refractivity contribution in [3.8, 4) is 0 Å². The molecule has 4 heteroatoms. The van der Waals surface area contributed by atoms with Crippen molar-refractivity contribution in [3.05, 3.63) is 11.8 Å². The highest BCUT2D eigenvalue weighted by molar-refractivity contribution is 6.28. The van der Waals surface area contributed by atoms with E-state index in [9.17, 15) is 4.79 Å². The van der Waals surface area contributed by atoms with Gasteiger partial charge in [0.05, 0.1) is 6.61 Å². The fraction of sp³-hybridized carbons (Fsp3) is 0.400. The van der Waals surface area contributed by atoms with E-state index in [1.165, 1.54) is 0 Å². The van der Waals surface area contributed by atoms with Gasteiger partial charge in [0, 0.05) is 0 Å². The predicted octanol–water partition coefficient (Wildman–Crippen LogP) is 1.87. The Labute approximate surface area is 58.2 Å². The molecule has 0 atom stereocenters. The zero-order chi connectivity index (χ0) is 7.28. The van der Waals surface area contributed by atoms with Gasteiger partial charge in [0.15, 0.2) is 5.22 Å². The molecule has 0 heterocycles. The molecule has 0 rings (SSSR count). The second kappa shape index (κ2) is 4.21. The van der Waals surface area contributed by atoms with Gasteiger partial charge >= 0.3 is 6.16 Å². The van der Waals surface area contributed by atoms with Gasteiger partial charge in [-0.1, -0.05) is 0 Å². The maximum absolute atomic E-state index is 10.3. The summed E-state index contributed by atoms with van der Waals surface area (Å²) in [6, 6.07) is 0. The molecule has 3 nitrogen and oxygen atoms in total. The number of carbonyl (C=O) groups excluding carboxylic acids is 1. The Morgan fingerprint density at radius 2 is 2.33 bits per heavy atom. The van der Waals surface area contributed by atoms with Crippen molar-refractivity contribution in [1.29, 1.82) is 0 Å². The fourth-order valence-corrected chi connectivity index (χ4v) is 0.301. The van der Waals surface area contributed by atoms with Crippen molar-refractivity contribution in [2.24, 2.45) is 0 Å². The van der Waals surface area contributed by atoms with Gasteiger partial charge < -0.3 is 9.47 Å². The Morgan fingerprint density at radius 1 is 1.78 bits per heavy atom. The third-order valence-corrected chi connectivity index (χ3v) is 0.533. The average Bonchev–Trinajstić information content (AvgIpc) is 1.63. The standard InChI is InChI=1S/C5H7ClO3/c1-3-8-5(7)9-4(2)6/h2-3H2,1H3. The number of carbonyl (C=O) groups is 1. The predicted molar refractivity (Wildman–Crippen MR) is 33.1 cm³/mol. The van der Waals surface area contributed by atoms with E-state index in [-0.39, 0.29) is 11.8 Å². The van der Waals surface area contributed by atoms with Crippen molar-refractivity contribution in [2.45, 2.75) is 6.92 Å². The molecule has 0 bridgehead atoms. The number of ether oxygens (including phenoxy) is 2. The molecule has 0 radical (unpaired) electrons. The SMILES string of the molecule is C=C(Cl)OC(=O)OCC. The molecule has 0 aromatic rings. The molecule has 0 unspecified atom stereocenters. The average molecular weight is 151 g/mol. The first-order valence-corrected chi connectivity index (χ1v) is 2.73. The number of halogens is 1. The Balaban J connectivity index is 3.39. The first-order chi connectivity index (χ1) is 4.16. The highest BCUT2D eigenvalue weighted by Crippen LogP contribution is 1.99. The lowest BCUT2D eigenvalue weighted by Crippen LogP contribution is -2.03. The molecule has 0 amide bonds. The van der Waals surface area contributed by atoms with Crippen LogP contribution in [0.5, 0.6) is 0 Å². The van der Waals surface area contributed by atoms with Crippen LogP contribution in [0.3, 0.4) is 0 Å². The van der Waals surface area contributed by atoms with Crippen LogP contribution in [0.4, 0.5) is 4.79 Å². The van der Waals surface area contributed by atoms with Crippen LogP contribution < -0.4 is 0 Å². The number of hydrogen-bond acceptors (Lipinski definition) is 3. The summed E-state index contributed by atoms with van der Waals surface area (Å²) in [5.41, 5.74) is 0. The van der Waals surface area contributed by atoms with Crippen molar-refractivity contribution in [3.63, 3.8) is 0 Å². The lowest BCUT2D eigenvalue weighted by Gasteiger charge is -1.98. The van der Waals surface area contributed by atoms with Crippen LogP contribution in [0.1, 0.15) is 6.92 Å². The minimum atomic E-state index is -0.822. The van der Waals surface area contributed by atoms with E-state index in [0.29, 0.717) is 0 Å². The summed E-state index contributed by atoms with van der Waals surface area (Å²) in [4.78, 5) is 10.3. The van der Waals surface area contributed by atoms with Crippen LogP contribution in [-0.4, -0.2) is 12.8 Å². The largest absolute Gasteiger partial charge is 0.514 e. The second-order valence-electron chi connectivity index (χ2n) is 1.14. The lowest BCUT2D eigenvalue weighted by atomic mass is 10.9. The van der Waals surface area contributed by atoms with Gasteiger partial charge in [-0.25, -0.2) is 4.79 Å². The molecule has 9 heavy (non-hydrogen) atoms. The van der Waals surface area contributed by atoms with Crippen LogP contribution in [0.15, 0.2) is 11.8 Å². The highest BCUT2D eigenvalue weighted by Gasteiger charge is 2.01. The molecular formula is C5H7ClO3. The van der Waals surface area contributed by atoms with E-state index in [4.69, 9.17) is 11.6 Å². The zero-order valence-electron chi connectivity index (χ0n) is 5.02. The molecule has 0 aliphatic heterocycles. The van der Waals surface area contributed by atoms with Gasteiger partial charge in [-0.3, -0.25) is 0 Å². The minimum absolute atomic E-state index is 0.187. The van der Waals surface area contributed by atoms with Crippen LogP contribution in [0.2, 0.25) is 0 Å². The third-order valence-electron chi connectivity index (χ3n) is 0.456. The van der Waals surface area contributed by atoms with E-state index >= 15 is 0 Å². The molecule has 0 saturated carbocycles. The third kappa shape index (κ3) is 5.17. The zero-order valence-corrected chi connectivity index (χ0v) is 5.77. The van der Waals surface area contributed by atoms with E-state index < -0.39 is 6.16 Å². The van der Waals surface area contributed by atoms with Crippen molar-refractivity contribution in [1.82, 2.24) is 0 Å². The van der Waals surface area contributed by atoms with Crippen molar-refractivity contribution >= 4 is 17.8 Å². The van der Waals surface area contributed by atoms with Crippen LogP contribution >= 0.6 is 11.6 Å². The molecule has 52 valence electrons. The Kier molecular flexibility index (Phi) is 3.88. The van der Waals surface area contributed by atoms with Gasteiger partial charge in [-0.2, -0.15) is 0 Å². The molecule has 0 aromatic carbocycles. The van der Waals surface area contributed by atoms with Crippen molar-refractivity contribution in [2.75, 3.05) is 6.61 Å². The molecule has 0 saturated heterocycles. The normalized spacial score (nSPS) is 8.22. The van der Waals surface area contributed by atoms with Crippen molar-refractivity contribution < 1.29 is 14.3 Å². The number of rotatable bonds is 2. The summed E-state index contributed by atoms with van der Waals surface area (Å²) in [6.07, 6.45) is -0.822. The van der Waals surface area contributed by atoms with Gasteiger partial charge in [0.2, 0.25) is 0 Å². The lowest BCUT2D eigenvalue weighted by molar-refractivity contribution is 0.0869. The van der Waals surface area contributed by atoms with Gasteiger partial charge in [0.25, 0.3) is 0 Å². The fourth-order valence-electron chi connectivity index (χ4n) is 0.238. The molecule has 0 spiro atoms. The molecule has 0 fully saturated rings. The monoisotopic (exact) mass is 150 g/mol. The summed E-state index contributed by atoms with van der Waals surface area (Å²) >= 11 is 5.09. The topological polar surface area (TPSA) is 35.5 Å². The van der Waals surface area contributed by atoms with E-state index in [0.717, 1.165) is 0 Å². The Morgan fingerprint density at radius 3 is 2.67 bits per heavy atom. The summed E-state index contributed by atoms with van der Waals surface area (Å²) in [5.74, 6) is 0. The molecular weight excluding hydrogens is 144 g/mol. The van der Waals surface area contributed by atoms with Crippen LogP contribution in [0, 0.1) is 0 Å². The van der Waals surface area contributed by atoms with Gasteiger partial charge in [0.1, 0.15) is 0 Å². The summed E-state index contributed by atoms with van der Waals surface area (Å²) < 4.78 is 8.55. The highest BCUT2D eigenvalue weighted by atomic mass is 35.5. The quantitative estimate of drug-likeness (QED) is 0.445. The Bertz CT molecular complexity index is 121. The summed E-state index contributed by atoms with van der Waals surface area (Å²) in [6.45, 7) is 5.05. The minimum Gasteiger partial charge on any atom is -0.434 e. The maximum atomic E-state index is 10.3. The summed E-state index contributed by atoms with van der Waals surface area (Å²) in [5, 5.41) is -0.187. The molecule has 0 aliphatic rings. The van der Waals surface area contributed by atoms with E-state index in [1.54, 1.807) is 6.92 Å². The smallest absolute Gasteiger partial charge is 0.434 e. The maximum Gasteiger partial charge on any atom is 0.514 e. The first-order valence-electron chi connectivity index (χ1n) is 2.35.